The number of ether oxygens (including phenoxy) is 2. The van der Waals surface area contributed by atoms with Crippen LogP contribution in [0.5, 0.6) is 5.75 Å². The minimum atomic E-state index is -0.847. The maximum absolute atomic E-state index is 11.8. The van der Waals surface area contributed by atoms with Gasteiger partial charge >= 0.3 is 5.97 Å². The van der Waals surface area contributed by atoms with Crippen LogP contribution in [-0.2, 0) is 9.53 Å². The first-order valence-electron chi connectivity index (χ1n) is 6.71. The van der Waals surface area contributed by atoms with Crippen LogP contribution in [0.3, 0.4) is 0 Å². The van der Waals surface area contributed by atoms with Crippen LogP contribution in [0.25, 0.3) is 0 Å². The van der Waals surface area contributed by atoms with E-state index < -0.39 is 12.0 Å². The van der Waals surface area contributed by atoms with Crippen molar-refractivity contribution in [3.05, 3.63) is 29.8 Å². The number of hydrogen-bond donors (Lipinski definition) is 1. The fourth-order valence-corrected chi connectivity index (χ4v) is 1.93. The normalized spacial score (nSPS) is 13.7. The van der Waals surface area contributed by atoms with Crippen LogP contribution in [0, 0.1) is 5.92 Å². The number of carbonyl (C=O) groups excluding carboxylic acids is 1. The van der Waals surface area contributed by atoms with E-state index in [4.69, 9.17) is 9.47 Å². The molecular weight excluding hydrogens is 244 g/mol. The molecular formula is C15H22O4. The Hall–Kier alpha value is -1.55. The predicted molar refractivity (Wildman–Crippen MR) is 73.0 cm³/mol. The molecule has 2 atom stereocenters. The molecule has 0 amide bonds. The molecule has 1 aromatic carbocycles. The summed E-state index contributed by atoms with van der Waals surface area (Å²) in [4.78, 5) is 11.8. The number of hydrogen-bond acceptors (Lipinski definition) is 4. The molecule has 1 rings (SSSR count). The van der Waals surface area contributed by atoms with Gasteiger partial charge in [0.2, 0.25) is 0 Å². The zero-order valence-electron chi connectivity index (χ0n) is 11.8. The van der Waals surface area contributed by atoms with Gasteiger partial charge < -0.3 is 14.6 Å². The molecule has 0 saturated heterocycles. The molecule has 0 fully saturated rings. The highest BCUT2D eigenvalue weighted by Crippen LogP contribution is 2.27. The fraction of sp³-hybridized carbons (Fsp3) is 0.533. The third kappa shape index (κ3) is 4.24. The van der Waals surface area contributed by atoms with Crippen molar-refractivity contribution >= 4 is 5.97 Å². The summed E-state index contributed by atoms with van der Waals surface area (Å²) < 4.78 is 10.3. The summed E-state index contributed by atoms with van der Waals surface area (Å²) in [6.07, 6.45) is -0.313. The average molecular weight is 266 g/mol. The Kier molecular flexibility index (Phi) is 6.36. The topological polar surface area (TPSA) is 55.8 Å². The van der Waals surface area contributed by atoms with E-state index in [0.29, 0.717) is 25.2 Å². The first-order chi connectivity index (χ1) is 9.13. The largest absolute Gasteiger partial charge is 0.494 e. The minimum Gasteiger partial charge on any atom is -0.494 e. The molecule has 0 bridgehead atoms. The van der Waals surface area contributed by atoms with Crippen molar-refractivity contribution < 1.29 is 19.4 Å². The SMILES string of the molecule is CCOC(=O)C(CC)C(O)c1ccc(OCC)cc1. The molecule has 0 aromatic heterocycles. The number of carbonyl (C=O) groups is 1. The van der Waals surface area contributed by atoms with E-state index >= 15 is 0 Å². The second kappa shape index (κ2) is 7.79. The van der Waals surface area contributed by atoms with Gasteiger partial charge in [-0.25, -0.2) is 0 Å². The summed E-state index contributed by atoms with van der Waals surface area (Å²) in [5, 5.41) is 10.3. The molecule has 0 spiro atoms. The lowest BCUT2D eigenvalue weighted by molar-refractivity contribution is -0.152. The summed E-state index contributed by atoms with van der Waals surface area (Å²) in [5.74, 6) is -0.132. The van der Waals surface area contributed by atoms with Crippen molar-refractivity contribution in [2.45, 2.75) is 33.3 Å². The van der Waals surface area contributed by atoms with E-state index in [1.807, 2.05) is 13.8 Å². The van der Waals surface area contributed by atoms with Crippen LogP contribution in [0.4, 0.5) is 0 Å². The van der Waals surface area contributed by atoms with Gasteiger partial charge in [-0.05, 0) is 38.0 Å². The quantitative estimate of drug-likeness (QED) is 0.771. The summed E-state index contributed by atoms with van der Waals surface area (Å²) >= 11 is 0. The van der Waals surface area contributed by atoms with Gasteiger partial charge in [0, 0.05) is 0 Å². The van der Waals surface area contributed by atoms with Crippen LogP contribution in [0.15, 0.2) is 24.3 Å². The molecule has 4 heteroatoms. The first kappa shape index (κ1) is 15.5. The van der Waals surface area contributed by atoms with Crippen LogP contribution in [0.1, 0.15) is 38.9 Å². The van der Waals surface area contributed by atoms with E-state index in [1.165, 1.54) is 0 Å². The van der Waals surface area contributed by atoms with Crippen molar-refractivity contribution in [2.24, 2.45) is 5.92 Å². The third-order valence-corrected chi connectivity index (χ3v) is 2.94. The summed E-state index contributed by atoms with van der Waals surface area (Å²) in [5.41, 5.74) is 0.698. The number of benzene rings is 1. The molecule has 1 N–H and O–H groups in total. The van der Waals surface area contributed by atoms with Gasteiger partial charge in [-0.15, -0.1) is 0 Å². The Morgan fingerprint density at radius 1 is 1.16 bits per heavy atom. The Morgan fingerprint density at radius 3 is 2.26 bits per heavy atom. The fourth-order valence-electron chi connectivity index (χ4n) is 1.93. The molecule has 2 unspecified atom stereocenters. The average Bonchev–Trinajstić information content (AvgIpc) is 2.41. The number of esters is 1. The van der Waals surface area contributed by atoms with Crippen LogP contribution in [-0.4, -0.2) is 24.3 Å². The maximum atomic E-state index is 11.8. The molecule has 0 aliphatic rings. The third-order valence-electron chi connectivity index (χ3n) is 2.94. The zero-order valence-corrected chi connectivity index (χ0v) is 11.8. The molecule has 0 radical (unpaired) electrons. The van der Waals surface area contributed by atoms with Crippen LogP contribution < -0.4 is 4.74 Å². The first-order valence-corrected chi connectivity index (χ1v) is 6.71. The zero-order chi connectivity index (χ0) is 14.3. The Balaban J connectivity index is 2.79. The molecule has 19 heavy (non-hydrogen) atoms. The van der Waals surface area contributed by atoms with Crippen LogP contribution >= 0.6 is 0 Å². The van der Waals surface area contributed by atoms with Gasteiger partial charge in [-0.3, -0.25) is 4.79 Å². The van der Waals surface area contributed by atoms with Crippen molar-refractivity contribution in [3.63, 3.8) is 0 Å². The highest BCUT2D eigenvalue weighted by atomic mass is 16.5. The Bertz CT molecular complexity index is 386. The lowest BCUT2D eigenvalue weighted by Crippen LogP contribution is -2.24. The van der Waals surface area contributed by atoms with E-state index in [9.17, 15) is 9.90 Å². The molecule has 1 aromatic rings. The molecule has 0 heterocycles. The van der Waals surface area contributed by atoms with Gasteiger partial charge in [-0.2, -0.15) is 0 Å². The summed E-state index contributed by atoms with van der Waals surface area (Å²) in [6.45, 7) is 6.46. The van der Waals surface area contributed by atoms with E-state index in [0.717, 1.165) is 5.75 Å². The second-order valence-corrected chi connectivity index (χ2v) is 4.21. The molecule has 0 aliphatic carbocycles. The lowest BCUT2D eigenvalue weighted by atomic mass is 9.93. The highest BCUT2D eigenvalue weighted by Gasteiger charge is 2.27. The monoisotopic (exact) mass is 266 g/mol. The Labute approximate surface area is 114 Å². The summed E-state index contributed by atoms with van der Waals surface area (Å²) in [7, 11) is 0. The van der Waals surface area contributed by atoms with Crippen molar-refractivity contribution in [1.29, 1.82) is 0 Å². The Morgan fingerprint density at radius 2 is 1.79 bits per heavy atom. The standard InChI is InChI=1S/C15H22O4/c1-4-13(15(17)19-6-3)14(16)11-7-9-12(10-8-11)18-5-2/h7-10,13-14,16H,4-6H2,1-3H3. The number of rotatable bonds is 7. The van der Waals surface area contributed by atoms with Crippen molar-refractivity contribution in [3.8, 4) is 5.75 Å². The second-order valence-electron chi connectivity index (χ2n) is 4.21. The smallest absolute Gasteiger partial charge is 0.311 e. The maximum Gasteiger partial charge on any atom is 0.311 e. The predicted octanol–water partition coefficient (Wildman–Crippen LogP) is 2.71. The van der Waals surface area contributed by atoms with E-state index in [-0.39, 0.29) is 5.97 Å². The van der Waals surface area contributed by atoms with Gasteiger partial charge in [0.15, 0.2) is 0 Å². The van der Waals surface area contributed by atoms with Crippen LogP contribution in [0.2, 0.25) is 0 Å². The molecule has 106 valence electrons. The molecule has 0 aliphatic heterocycles. The van der Waals surface area contributed by atoms with E-state index in [1.54, 1.807) is 31.2 Å². The van der Waals surface area contributed by atoms with Crippen molar-refractivity contribution in [1.82, 2.24) is 0 Å². The lowest BCUT2D eigenvalue weighted by Gasteiger charge is -2.20. The molecule has 0 saturated carbocycles. The highest BCUT2D eigenvalue weighted by molar-refractivity contribution is 5.73. The molecule has 4 nitrogen and oxygen atoms in total. The van der Waals surface area contributed by atoms with Gasteiger partial charge in [0.25, 0.3) is 0 Å². The van der Waals surface area contributed by atoms with Gasteiger partial charge in [-0.1, -0.05) is 19.1 Å². The minimum absolute atomic E-state index is 0.325. The summed E-state index contributed by atoms with van der Waals surface area (Å²) in [6, 6.07) is 7.13. The van der Waals surface area contributed by atoms with Gasteiger partial charge in [0.05, 0.1) is 25.2 Å². The van der Waals surface area contributed by atoms with Crippen molar-refractivity contribution in [2.75, 3.05) is 13.2 Å². The van der Waals surface area contributed by atoms with E-state index in [2.05, 4.69) is 0 Å². The van der Waals surface area contributed by atoms with Gasteiger partial charge in [0.1, 0.15) is 5.75 Å². The number of aliphatic hydroxyl groups is 1. The number of aliphatic hydroxyl groups excluding tert-OH is 1.